The van der Waals surface area contributed by atoms with Gasteiger partial charge in [0.25, 0.3) is 0 Å². The molecule has 82 valence electrons. The Balaban J connectivity index is 2.32. The SMILES string of the molecule is CC=CC(=O)Nc1ccc2oc(=O)[nH]c2c1. The summed E-state index contributed by atoms with van der Waals surface area (Å²) in [5, 5.41) is 2.65. The van der Waals surface area contributed by atoms with Crippen LogP contribution in [0.15, 0.2) is 39.6 Å². The molecule has 16 heavy (non-hydrogen) atoms. The second-order valence-electron chi connectivity index (χ2n) is 3.21. The molecule has 0 fully saturated rings. The predicted octanol–water partition coefficient (Wildman–Crippen LogP) is 1.64. The molecule has 1 amide bonds. The van der Waals surface area contributed by atoms with E-state index in [1.165, 1.54) is 6.08 Å². The van der Waals surface area contributed by atoms with E-state index in [1.54, 1.807) is 31.2 Å². The van der Waals surface area contributed by atoms with Crippen LogP contribution >= 0.6 is 0 Å². The molecule has 1 aromatic heterocycles. The van der Waals surface area contributed by atoms with Crippen molar-refractivity contribution in [2.75, 3.05) is 5.32 Å². The topological polar surface area (TPSA) is 75.1 Å². The molecule has 0 atom stereocenters. The van der Waals surface area contributed by atoms with Crippen molar-refractivity contribution in [3.05, 3.63) is 40.9 Å². The van der Waals surface area contributed by atoms with Gasteiger partial charge in [0.1, 0.15) is 0 Å². The van der Waals surface area contributed by atoms with Gasteiger partial charge in [0.15, 0.2) is 5.58 Å². The van der Waals surface area contributed by atoms with Crippen LogP contribution in [0.2, 0.25) is 0 Å². The lowest BCUT2D eigenvalue weighted by molar-refractivity contribution is -0.111. The second kappa shape index (κ2) is 4.06. The summed E-state index contributed by atoms with van der Waals surface area (Å²) >= 11 is 0. The summed E-state index contributed by atoms with van der Waals surface area (Å²) in [7, 11) is 0. The first-order chi connectivity index (χ1) is 7.69. The third kappa shape index (κ3) is 2.03. The van der Waals surface area contributed by atoms with Crippen LogP contribution in [0.25, 0.3) is 11.1 Å². The fourth-order valence-corrected chi connectivity index (χ4v) is 1.37. The number of nitrogens with one attached hydrogen (secondary N) is 2. The molecular weight excluding hydrogens is 208 g/mol. The summed E-state index contributed by atoms with van der Waals surface area (Å²) in [6.07, 6.45) is 3.07. The smallest absolute Gasteiger partial charge is 0.408 e. The monoisotopic (exact) mass is 218 g/mol. The Morgan fingerprint density at radius 2 is 2.31 bits per heavy atom. The van der Waals surface area contributed by atoms with Crippen LogP contribution in [-0.4, -0.2) is 10.9 Å². The molecule has 1 aromatic carbocycles. The van der Waals surface area contributed by atoms with E-state index in [1.807, 2.05) is 0 Å². The molecule has 0 aliphatic carbocycles. The van der Waals surface area contributed by atoms with Crippen molar-refractivity contribution in [1.29, 1.82) is 0 Å². The number of allylic oxidation sites excluding steroid dienone is 1. The first-order valence-corrected chi connectivity index (χ1v) is 4.75. The summed E-state index contributed by atoms with van der Waals surface area (Å²) in [5.41, 5.74) is 1.63. The fourth-order valence-electron chi connectivity index (χ4n) is 1.37. The number of benzene rings is 1. The first-order valence-electron chi connectivity index (χ1n) is 4.75. The van der Waals surface area contributed by atoms with Gasteiger partial charge in [0, 0.05) is 5.69 Å². The summed E-state index contributed by atoms with van der Waals surface area (Å²) in [4.78, 5) is 24.7. The van der Waals surface area contributed by atoms with Crippen molar-refractivity contribution in [1.82, 2.24) is 4.98 Å². The number of carbonyl (C=O) groups excluding carboxylic acids is 1. The van der Waals surface area contributed by atoms with Crippen molar-refractivity contribution in [2.24, 2.45) is 0 Å². The number of fused-ring (bicyclic) bond motifs is 1. The highest BCUT2D eigenvalue weighted by atomic mass is 16.4. The maximum absolute atomic E-state index is 11.3. The van der Waals surface area contributed by atoms with Gasteiger partial charge in [-0.05, 0) is 31.2 Å². The molecule has 0 saturated carbocycles. The molecule has 0 bridgehead atoms. The molecule has 0 aliphatic rings. The summed E-state index contributed by atoms with van der Waals surface area (Å²) in [5.74, 6) is -0.723. The Morgan fingerprint density at radius 3 is 3.06 bits per heavy atom. The van der Waals surface area contributed by atoms with Gasteiger partial charge in [0.2, 0.25) is 5.91 Å². The Hall–Kier alpha value is -2.30. The van der Waals surface area contributed by atoms with Gasteiger partial charge < -0.3 is 9.73 Å². The normalized spacial score (nSPS) is 11.1. The largest absolute Gasteiger partial charge is 0.417 e. The third-order valence-corrected chi connectivity index (χ3v) is 2.00. The highest BCUT2D eigenvalue weighted by Crippen LogP contribution is 2.15. The quantitative estimate of drug-likeness (QED) is 0.752. The Labute approximate surface area is 90.8 Å². The zero-order valence-corrected chi connectivity index (χ0v) is 8.61. The van der Waals surface area contributed by atoms with Gasteiger partial charge in [0.05, 0.1) is 5.52 Å². The predicted molar refractivity (Wildman–Crippen MR) is 60.3 cm³/mol. The number of oxazole rings is 1. The van der Waals surface area contributed by atoms with Crippen molar-refractivity contribution >= 4 is 22.7 Å². The molecule has 0 spiro atoms. The number of aromatic amines is 1. The molecule has 5 heteroatoms. The van der Waals surface area contributed by atoms with Gasteiger partial charge >= 0.3 is 5.76 Å². The number of aromatic nitrogens is 1. The Morgan fingerprint density at radius 1 is 1.50 bits per heavy atom. The van der Waals surface area contributed by atoms with Gasteiger partial charge in [-0.1, -0.05) is 6.08 Å². The molecule has 0 unspecified atom stereocenters. The third-order valence-electron chi connectivity index (χ3n) is 2.00. The van der Waals surface area contributed by atoms with Crippen LogP contribution in [0.4, 0.5) is 5.69 Å². The maximum atomic E-state index is 11.3. The number of amides is 1. The van der Waals surface area contributed by atoms with Crippen LogP contribution in [0.5, 0.6) is 0 Å². The van der Waals surface area contributed by atoms with E-state index in [0.717, 1.165) is 0 Å². The maximum Gasteiger partial charge on any atom is 0.417 e. The Bertz CT molecular complexity index is 607. The van der Waals surface area contributed by atoms with Crippen LogP contribution < -0.4 is 11.1 Å². The lowest BCUT2D eigenvalue weighted by Gasteiger charge is -2.00. The van der Waals surface area contributed by atoms with Crippen molar-refractivity contribution in [3.63, 3.8) is 0 Å². The van der Waals surface area contributed by atoms with Gasteiger partial charge in [-0.3, -0.25) is 9.78 Å². The standard InChI is InChI=1S/C11H10N2O3/c1-2-3-10(14)12-7-4-5-9-8(6-7)13-11(15)16-9/h2-6H,1H3,(H,12,14)(H,13,15). The highest BCUT2D eigenvalue weighted by molar-refractivity contribution is 6.00. The van der Waals surface area contributed by atoms with E-state index >= 15 is 0 Å². The van der Waals surface area contributed by atoms with E-state index in [4.69, 9.17) is 4.42 Å². The van der Waals surface area contributed by atoms with Crippen LogP contribution in [0, 0.1) is 0 Å². The van der Waals surface area contributed by atoms with E-state index < -0.39 is 5.76 Å². The Kier molecular flexibility index (Phi) is 2.59. The zero-order chi connectivity index (χ0) is 11.5. The van der Waals surface area contributed by atoms with Crippen LogP contribution in [0.1, 0.15) is 6.92 Å². The van der Waals surface area contributed by atoms with Crippen LogP contribution in [-0.2, 0) is 4.79 Å². The molecule has 2 aromatic rings. The zero-order valence-electron chi connectivity index (χ0n) is 8.61. The molecule has 0 radical (unpaired) electrons. The average Bonchev–Trinajstić information content (AvgIpc) is 2.57. The van der Waals surface area contributed by atoms with E-state index in [-0.39, 0.29) is 5.91 Å². The molecule has 0 aliphatic heterocycles. The minimum Gasteiger partial charge on any atom is -0.408 e. The summed E-state index contributed by atoms with van der Waals surface area (Å²) < 4.78 is 4.84. The van der Waals surface area contributed by atoms with Crippen LogP contribution in [0.3, 0.4) is 0 Å². The van der Waals surface area contributed by atoms with E-state index in [9.17, 15) is 9.59 Å². The first kappa shape index (κ1) is 10.2. The van der Waals surface area contributed by atoms with E-state index in [0.29, 0.717) is 16.8 Å². The van der Waals surface area contributed by atoms with Gasteiger partial charge in [-0.2, -0.15) is 0 Å². The van der Waals surface area contributed by atoms with E-state index in [2.05, 4.69) is 10.3 Å². The second-order valence-corrected chi connectivity index (χ2v) is 3.21. The van der Waals surface area contributed by atoms with Crippen molar-refractivity contribution < 1.29 is 9.21 Å². The molecule has 2 rings (SSSR count). The minimum absolute atomic E-state index is 0.215. The molecule has 5 nitrogen and oxygen atoms in total. The number of hydrogen-bond acceptors (Lipinski definition) is 3. The molecule has 2 N–H and O–H groups in total. The molecular formula is C11H10N2O3. The molecule has 0 saturated heterocycles. The van der Waals surface area contributed by atoms with Crippen molar-refractivity contribution in [2.45, 2.75) is 6.92 Å². The van der Waals surface area contributed by atoms with Gasteiger partial charge in [-0.15, -0.1) is 0 Å². The average molecular weight is 218 g/mol. The fraction of sp³-hybridized carbons (Fsp3) is 0.0909. The number of rotatable bonds is 2. The lowest BCUT2D eigenvalue weighted by atomic mass is 10.3. The summed E-state index contributed by atoms with van der Waals surface area (Å²) in [6, 6.07) is 4.93. The van der Waals surface area contributed by atoms with Gasteiger partial charge in [-0.25, -0.2) is 4.79 Å². The molecule has 1 heterocycles. The number of hydrogen-bond donors (Lipinski definition) is 2. The number of carbonyl (C=O) groups is 1. The highest BCUT2D eigenvalue weighted by Gasteiger charge is 2.03. The lowest BCUT2D eigenvalue weighted by Crippen LogP contribution is -2.07. The van der Waals surface area contributed by atoms with Crippen molar-refractivity contribution in [3.8, 4) is 0 Å². The number of anilines is 1. The minimum atomic E-state index is -0.507. The summed E-state index contributed by atoms with van der Waals surface area (Å²) in [6.45, 7) is 1.76. The number of H-pyrrole nitrogens is 1.